The van der Waals surface area contributed by atoms with Crippen molar-refractivity contribution in [1.29, 1.82) is 0 Å². The van der Waals surface area contributed by atoms with Gasteiger partial charge in [-0.1, -0.05) is 15.9 Å². The highest BCUT2D eigenvalue weighted by Gasteiger charge is 2.18. The van der Waals surface area contributed by atoms with Crippen LogP contribution in [0.3, 0.4) is 0 Å². The maximum absolute atomic E-state index is 5.75. The number of ether oxygens (including phenoxy) is 1. The van der Waals surface area contributed by atoms with Crippen molar-refractivity contribution in [2.24, 2.45) is 0 Å². The van der Waals surface area contributed by atoms with Crippen molar-refractivity contribution >= 4 is 26.8 Å². The highest BCUT2D eigenvalue weighted by atomic mass is 79.9. The molecule has 0 radical (unpaired) electrons. The number of halogens is 1. The first-order valence-electron chi connectivity index (χ1n) is 5.59. The third-order valence-electron chi connectivity index (χ3n) is 2.99. The molecule has 84 valence electrons. The molecule has 0 aliphatic carbocycles. The van der Waals surface area contributed by atoms with Crippen molar-refractivity contribution in [2.75, 3.05) is 6.61 Å². The van der Waals surface area contributed by atoms with Crippen molar-refractivity contribution in [2.45, 2.75) is 25.5 Å². The van der Waals surface area contributed by atoms with Crippen molar-refractivity contribution in [3.05, 3.63) is 28.9 Å². The lowest BCUT2D eigenvalue weighted by Crippen LogP contribution is -2.18. The predicted octanol–water partition coefficient (Wildman–Crippen LogP) is 3.50. The normalized spacial score (nSPS) is 21.4. The summed E-state index contributed by atoms with van der Waals surface area (Å²) in [7, 11) is 0. The number of rotatable bonds is 1. The molecule has 1 aromatic carbocycles. The summed E-state index contributed by atoms with van der Waals surface area (Å²) in [5, 5.41) is 5.59. The monoisotopic (exact) mass is 280 g/mol. The van der Waals surface area contributed by atoms with Crippen molar-refractivity contribution in [3.8, 4) is 0 Å². The Morgan fingerprint density at radius 3 is 3.12 bits per heavy atom. The van der Waals surface area contributed by atoms with E-state index >= 15 is 0 Å². The quantitative estimate of drug-likeness (QED) is 0.800. The van der Waals surface area contributed by atoms with Crippen LogP contribution in [0, 0.1) is 0 Å². The third-order valence-corrected chi connectivity index (χ3v) is 3.48. The first kappa shape index (κ1) is 10.3. The molecule has 2 aromatic rings. The van der Waals surface area contributed by atoms with E-state index in [1.807, 2.05) is 16.9 Å². The second kappa shape index (κ2) is 4.18. The maximum atomic E-state index is 5.75. The van der Waals surface area contributed by atoms with Crippen LogP contribution in [0.25, 0.3) is 10.9 Å². The van der Waals surface area contributed by atoms with Gasteiger partial charge in [-0.05, 0) is 37.5 Å². The van der Waals surface area contributed by atoms with Gasteiger partial charge >= 0.3 is 0 Å². The zero-order valence-electron chi connectivity index (χ0n) is 8.90. The van der Waals surface area contributed by atoms with Crippen molar-refractivity contribution in [3.63, 3.8) is 0 Å². The zero-order valence-corrected chi connectivity index (χ0v) is 10.5. The molecule has 0 amide bonds. The molecular formula is C12H13BrN2O. The Labute approximate surface area is 103 Å². The molecule has 1 aromatic heterocycles. The highest BCUT2D eigenvalue weighted by molar-refractivity contribution is 9.10. The number of fused-ring (bicyclic) bond motifs is 1. The van der Waals surface area contributed by atoms with E-state index in [9.17, 15) is 0 Å². The van der Waals surface area contributed by atoms with Gasteiger partial charge in [-0.25, -0.2) is 4.68 Å². The van der Waals surface area contributed by atoms with Gasteiger partial charge < -0.3 is 4.74 Å². The fourth-order valence-electron chi connectivity index (χ4n) is 2.17. The van der Waals surface area contributed by atoms with E-state index in [-0.39, 0.29) is 6.23 Å². The van der Waals surface area contributed by atoms with Gasteiger partial charge in [-0.3, -0.25) is 0 Å². The molecule has 1 aliphatic heterocycles. The van der Waals surface area contributed by atoms with E-state index in [1.165, 1.54) is 12.8 Å². The Balaban J connectivity index is 2.03. The fourth-order valence-corrected chi connectivity index (χ4v) is 2.55. The molecule has 1 aliphatic rings. The van der Waals surface area contributed by atoms with E-state index in [1.54, 1.807) is 0 Å². The summed E-state index contributed by atoms with van der Waals surface area (Å²) in [6.07, 6.45) is 5.47. The van der Waals surface area contributed by atoms with E-state index in [2.05, 4.69) is 33.2 Å². The smallest absolute Gasteiger partial charge is 0.150 e. The molecular weight excluding hydrogens is 268 g/mol. The number of hydrogen-bond donors (Lipinski definition) is 0. The maximum Gasteiger partial charge on any atom is 0.150 e. The van der Waals surface area contributed by atoms with E-state index in [4.69, 9.17) is 4.74 Å². The molecule has 1 atom stereocenters. The topological polar surface area (TPSA) is 27.1 Å². The minimum Gasteiger partial charge on any atom is -0.356 e. The molecule has 2 heterocycles. The van der Waals surface area contributed by atoms with Gasteiger partial charge in [-0.15, -0.1) is 0 Å². The third kappa shape index (κ3) is 1.76. The van der Waals surface area contributed by atoms with Crippen LogP contribution in [0.5, 0.6) is 0 Å². The van der Waals surface area contributed by atoms with Crippen LogP contribution in [-0.4, -0.2) is 16.4 Å². The Kier molecular flexibility index (Phi) is 2.69. The fraction of sp³-hybridized carbons (Fsp3) is 0.417. The first-order valence-corrected chi connectivity index (χ1v) is 6.38. The summed E-state index contributed by atoms with van der Waals surface area (Å²) in [5.74, 6) is 0. The SMILES string of the molecule is Brc1ccc2c(cnn2[C@@H]2CCCCO2)c1. The number of benzene rings is 1. The highest BCUT2D eigenvalue weighted by Crippen LogP contribution is 2.27. The lowest BCUT2D eigenvalue weighted by atomic mass is 10.2. The average Bonchev–Trinajstić information content (AvgIpc) is 2.73. The standard InChI is InChI=1S/C12H13BrN2O/c13-10-4-5-11-9(7-10)8-14-15(11)12-3-1-2-6-16-12/h4-5,7-8,12H,1-3,6H2/t12-/m0/s1. The number of nitrogens with zero attached hydrogens (tertiary/aromatic N) is 2. The van der Waals surface area contributed by atoms with Crippen molar-refractivity contribution in [1.82, 2.24) is 9.78 Å². The van der Waals surface area contributed by atoms with E-state index < -0.39 is 0 Å². The average molecular weight is 281 g/mol. The Hall–Kier alpha value is -0.870. The Bertz CT molecular complexity index is 503. The number of hydrogen-bond acceptors (Lipinski definition) is 2. The summed E-state index contributed by atoms with van der Waals surface area (Å²) in [6.45, 7) is 0.850. The molecule has 4 heteroatoms. The molecule has 1 fully saturated rings. The van der Waals surface area contributed by atoms with Crippen LogP contribution in [0.4, 0.5) is 0 Å². The minimum absolute atomic E-state index is 0.118. The Morgan fingerprint density at radius 2 is 2.31 bits per heavy atom. The van der Waals surface area contributed by atoms with Gasteiger partial charge in [0.05, 0.1) is 11.7 Å². The van der Waals surface area contributed by atoms with Crippen molar-refractivity contribution < 1.29 is 4.74 Å². The van der Waals surface area contributed by atoms with Crippen LogP contribution in [0.2, 0.25) is 0 Å². The minimum atomic E-state index is 0.118. The predicted molar refractivity (Wildman–Crippen MR) is 66.3 cm³/mol. The molecule has 0 saturated carbocycles. The summed E-state index contributed by atoms with van der Waals surface area (Å²) in [4.78, 5) is 0. The summed E-state index contributed by atoms with van der Waals surface area (Å²) in [5.41, 5.74) is 1.15. The molecule has 3 nitrogen and oxygen atoms in total. The largest absolute Gasteiger partial charge is 0.356 e. The Morgan fingerprint density at radius 1 is 1.38 bits per heavy atom. The van der Waals surface area contributed by atoms with Gasteiger partial charge in [0.1, 0.15) is 0 Å². The zero-order chi connectivity index (χ0) is 11.0. The molecule has 1 saturated heterocycles. The summed E-state index contributed by atoms with van der Waals surface area (Å²) >= 11 is 3.47. The lowest BCUT2D eigenvalue weighted by molar-refractivity contribution is -0.0366. The molecule has 0 bridgehead atoms. The van der Waals surface area contributed by atoms with Crippen LogP contribution < -0.4 is 0 Å². The molecule has 0 unspecified atom stereocenters. The van der Waals surface area contributed by atoms with Gasteiger partial charge in [0.2, 0.25) is 0 Å². The summed E-state index contributed by atoms with van der Waals surface area (Å²) in [6, 6.07) is 6.22. The van der Waals surface area contributed by atoms with Gasteiger partial charge in [0, 0.05) is 16.5 Å². The van der Waals surface area contributed by atoms with Crippen LogP contribution in [-0.2, 0) is 4.74 Å². The molecule has 0 N–H and O–H groups in total. The van der Waals surface area contributed by atoms with E-state index in [0.717, 1.165) is 28.4 Å². The van der Waals surface area contributed by atoms with E-state index in [0.29, 0.717) is 0 Å². The second-order valence-electron chi connectivity index (χ2n) is 4.11. The molecule has 0 spiro atoms. The van der Waals surface area contributed by atoms with Gasteiger partial charge in [-0.2, -0.15) is 5.10 Å². The first-order chi connectivity index (χ1) is 7.84. The van der Waals surface area contributed by atoms with Gasteiger partial charge in [0.15, 0.2) is 6.23 Å². The van der Waals surface area contributed by atoms with Crippen LogP contribution in [0.15, 0.2) is 28.9 Å². The van der Waals surface area contributed by atoms with Crippen LogP contribution >= 0.6 is 15.9 Å². The lowest BCUT2D eigenvalue weighted by Gasteiger charge is -2.23. The van der Waals surface area contributed by atoms with Gasteiger partial charge in [0.25, 0.3) is 0 Å². The molecule has 16 heavy (non-hydrogen) atoms. The second-order valence-corrected chi connectivity index (χ2v) is 5.03. The summed E-state index contributed by atoms with van der Waals surface area (Å²) < 4.78 is 8.84. The number of aromatic nitrogens is 2. The molecule has 3 rings (SSSR count). The van der Waals surface area contributed by atoms with Crippen LogP contribution in [0.1, 0.15) is 25.5 Å².